The number of carbonyl (C=O) groups is 1. The molecule has 0 aromatic carbocycles. The first-order valence-corrected chi connectivity index (χ1v) is 11.3. The van der Waals surface area contributed by atoms with Gasteiger partial charge in [0.25, 0.3) is 0 Å². The van der Waals surface area contributed by atoms with E-state index >= 15 is 0 Å². The van der Waals surface area contributed by atoms with Crippen LogP contribution in [0.25, 0.3) is 0 Å². The molecule has 150 valence electrons. The Kier molecular flexibility index (Phi) is 9.51. The molecule has 0 aromatic heterocycles. The van der Waals surface area contributed by atoms with E-state index in [2.05, 4.69) is 17.7 Å². The lowest BCUT2D eigenvalue weighted by molar-refractivity contribution is -0.140. The van der Waals surface area contributed by atoms with Crippen molar-refractivity contribution in [1.82, 2.24) is 0 Å². The third kappa shape index (κ3) is 6.58. The average Bonchev–Trinajstić information content (AvgIpc) is 3.13. The molecule has 0 aromatic rings. The average molecular weight is 385 g/mol. The second-order valence-corrected chi connectivity index (χ2v) is 9.39. The SMILES string of the molecule is CCCCC[C@H](O)/C=C/[C@@H]1[C@H]2C[C@@H](CCCCC(=O)OC)S[C@H]2C[C@H]1O. The summed E-state index contributed by atoms with van der Waals surface area (Å²) in [5.74, 6) is 0.597. The predicted molar refractivity (Wildman–Crippen MR) is 107 cm³/mol. The minimum atomic E-state index is -0.379. The Balaban J connectivity index is 1.74. The summed E-state index contributed by atoms with van der Waals surface area (Å²) in [5.41, 5.74) is 0. The van der Waals surface area contributed by atoms with Crippen LogP contribution < -0.4 is 0 Å². The fraction of sp³-hybridized carbons (Fsp3) is 0.857. The van der Waals surface area contributed by atoms with Gasteiger partial charge in [-0.1, -0.05) is 44.8 Å². The molecule has 5 heteroatoms. The van der Waals surface area contributed by atoms with Crippen LogP contribution in [0, 0.1) is 11.8 Å². The molecule has 1 aliphatic carbocycles. The van der Waals surface area contributed by atoms with Gasteiger partial charge in [-0.15, -0.1) is 0 Å². The monoisotopic (exact) mass is 384 g/mol. The zero-order chi connectivity index (χ0) is 18.9. The summed E-state index contributed by atoms with van der Waals surface area (Å²) in [5, 5.41) is 21.7. The topological polar surface area (TPSA) is 66.8 Å². The first-order valence-electron chi connectivity index (χ1n) is 10.3. The maximum Gasteiger partial charge on any atom is 0.305 e. The van der Waals surface area contributed by atoms with E-state index in [9.17, 15) is 15.0 Å². The summed E-state index contributed by atoms with van der Waals surface area (Å²) in [7, 11) is 1.44. The van der Waals surface area contributed by atoms with Gasteiger partial charge in [0.2, 0.25) is 0 Å². The van der Waals surface area contributed by atoms with E-state index in [4.69, 9.17) is 0 Å². The van der Waals surface area contributed by atoms with Crippen molar-refractivity contribution in [2.75, 3.05) is 7.11 Å². The zero-order valence-corrected chi connectivity index (χ0v) is 17.1. The molecule has 0 spiro atoms. The van der Waals surface area contributed by atoms with E-state index in [1.165, 1.54) is 13.5 Å². The van der Waals surface area contributed by atoms with Gasteiger partial charge in [-0.25, -0.2) is 0 Å². The molecular weight excluding hydrogens is 348 g/mol. The normalized spacial score (nSPS) is 32.1. The number of rotatable bonds is 11. The molecule has 0 radical (unpaired) electrons. The van der Waals surface area contributed by atoms with Crippen LogP contribution in [0.3, 0.4) is 0 Å². The van der Waals surface area contributed by atoms with Crippen LogP contribution in [0.5, 0.6) is 0 Å². The van der Waals surface area contributed by atoms with E-state index in [-0.39, 0.29) is 24.1 Å². The zero-order valence-electron chi connectivity index (χ0n) is 16.3. The van der Waals surface area contributed by atoms with Crippen LogP contribution in [-0.2, 0) is 9.53 Å². The number of carbonyl (C=O) groups excluding carboxylic acids is 1. The summed E-state index contributed by atoms with van der Waals surface area (Å²) in [4.78, 5) is 11.2. The van der Waals surface area contributed by atoms with Gasteiger partial charge in [0.15, 0.2) is 0 Å². The molecule has 2 aliphatic rings. The van der Waals surface area contributed by atoms with Gasteiger partial charge < -0.3 is 14.9 Å². The Morgan fingerprint density at radius 3 is 2.81 bits per heavy atom. The number of hydrogen-bond donors (Lipinski definition) is 2. The Bertz CT molecular complexity index is 453. The lowest BCUT2D eigenvalue weighted by atomic mass is 9.89. The fourth-order valence-electron chi connectivity index (χ4n) is 4.33. The molecular formula is C21H36O4S. The summed E-state index contributed by atoms with van der Waals surface area (Å²) in [6, 6.07) is 0. The molecule has 1 saturated carbocycles. The highest BCUT2D eigenvalue weighted by atomic mass is 32.2. The molecule has 2 N–H and O–H groups in total. The number of aliphatic hydroxyl groups is 2. The Morgan fingerprint density at radius 1 is 1.27 bits per heavy atom. The number of aliphatic hydroxyl groups excluding tert-OH is 2. The van der Waals surface area contributed by atoms with E-state index in [0.717, 1.165) is 51.4 Å². The van der Waals surface area contributed by atoms with Gasteiger partial charge in [-0.05, 0) is 38.0 Å². The minimum Gasteiger partial charge on any atom is -0.469 e. The first kappa shape index (κ1) is 21.8. The molecule has 1 saturated heterocycles. The van der Waals surface area contributed by atoms with Crippen LogP contribution in [0.15, 0.2) is 12.2 Å². The van der Waals surface area contributed by atoms with E-state index < -0.39 is 0 Å². The number of unbranched alkanes of at least 4 members (excludes halogenated alkanes) is 3. The Labute approximate surface area is 162 Å². The second-order valence-electron chi connectivity index (χ2n) is 7.85. The number of fused-ring (bicyclic) bond motifs is 1. The smallest absolute Gasteiger partial charge is 0.305 e. The van der Waals surface area contributed by atoms with Gasteiger partial charge in [0.05, 0.1) is 19.3 Å². The highest BCUT2D eigenvalue weighted by Gasteiger charge is 2.47. The van der Waals surface area contributed by atoms with Gasteiger partial charge in [-0.2, -0.15) is 11.8 Å². The Hall–Kier alpha value is -0.520. The van der Waals surface area contributed by atoms with Gasteiger partial charge in [0.1, 0.15) is 0 Å². The van der Waals surface area contributed by atoms with Gasteiger partial charge in [-0.3, -0.25) is 4.79 Å². The van der Waals surface area contributed by atoms with Crippen molar-refractivity contribution >= 4 is 17.7 Å². The first-order chi connectivity index (χ1) is 12.5. The van der Waals surface area contributed by atoms with Crippen molar-refractivity contribution < 1.29 is 19.7 Å². The maximum atomic E-state index is 11.2. The lowest BCUT2D eigenvalue weighted by Gasteiger charge is -2.18. The third-order valence-electron chi connectivity index (χ3n) is 5.84. The largest absolute Gasteiger partial charge is 0.469 e. The van der Waals surface area contributed by atoms with Gasteiger partial charge in [0, 0.05) is 22.8 Å². The highest BCUT2D eigenvalue weighted by Crippen LogP contribution is 2.52. The summed E-state index contributed by atoms with van der Waals surface area (Å²) < 4.78 is 4.69. The number of hydrogen-bond acceptors (Lipinski definition) is 5. The fourth-order valence-corrected chi connectivity index (χ4v) is 6.26. The van der Waals surface area contributed by atoms with Crippen LogP contribution in [0.1, 0.15) is 71.1 Å². The number of methoxy groups -OCH3 is 1. The predicted octanol–water partition coefficient (Wildman–Crippen LogP) is 4.09. The van der Waals surface area contributed by atoms with Crippen LogP contribution in [0.4, 0.5) is 0 Å². The molecule has 1 aliphatic heterocycles. The molecule has 1 heterocycles. The molecule has 2 fully saturated rings. The second kappa shape index (κ2) is 11.4. The van der Waals surface area contributed by atoms with Crippen molar-refractivity contribution in [2.45, 2.75) is 93.8 Å². The minimum absolute atomic E-state index is 0.119. The molecule has 6 atom stereocenters. The van der Waals surface area contributed by atoms with Gasteiger partial charge >= 0.3 is 5.97 Å². The summed E-state index contributed by atoms with van der Waals surface area (Å²) >= 11 is 2.03. The van der Waals surface area contributed by atoms with Crippen molar-refractivity contribution in [1.29, 1.82) is 0 Å². The highest BCUT2D eigenvalue weighted by molar-refractivity contribution is 8.00. The number of ether oxygens (including phenoxy) is 1. The van der Waals surface area contributed by atoms with E-state index in [0.29, 0.717) is 22.8 Å². The molecule has 26 heavy (non-hydrogen) atoms. The van der Waals surface area contributed by atoms with Crippen molar-refractivity contribution in [3.63, 3.8) is 0 Å². The Morgan fingerprint density at radius 2 is 2.08 bits per heavy atom. The van der Waals surface area contributed by atoms with E-state index in [1.54, 1.807) is 0 Å². The van der Waals surface area contributed by atoms with E-state index in [1.807, 2.05) is 17.8 Å². The van der Waals surface area contributed by atoms with Crippen molar-refractivity contribution in [3.8, 4) is 0 Å². The van der Waals surface area contributed by atoms with Crippen LogP contribution in [0.2, 0.25) is 0 Å². The molecule has 4 nitrogen and oxygen atoms in total. The molecule has 0 unspecified atom stereocenters. The van der Waals surface area contributed by atoms with Crippen molar-refractivity contribution in [2.24, 2.45) is 11.8 Å². The summed E-state index contributed by atoms with van der Waals surface area (Å²) in [6.07, 6.45) is 13.2. The maximum absolute atomic E-state index is 11.2. The third-order valence-corrected chi connectivity index (χ3v) is 7.54. The molecule has 0 bridgehead atoms. The van der Waals surface area contributed by atoms with Crippen LogP contribution >= 0.6 is 11.8 Å². The quantitative estimate of drug-likeness (QED) is 0.319. The number of esters is 1. The van der Waals surface area contributed by atoms with Crippen molar-refractivity contribution in [3.05, 3.63) is 12.2 Å². The number of thioether (sulfide) groups is 1. The molecule has 2 rings (SSSR count). The standard InChI is InChI=1S/C21H36O4S/c1-3-4-5-8-15(22)11-12-17-18-13-16(26-20(18)14-19(17)23)9-6-7-10-21(24)25-2/h11-12,15-20,22-23H,3-10,13-14H2,1-2H3/b12-11+/t15-,16+,17+,18+,19+,20-/m0/s1. The molecule has 0 amide bonds. The summed E-state index contributed by atoms with van der Waals surface area (Å²) in [6.45, 7) is 2.17. The lowest BCUT2D eigenvalue weighted by Crippen LogP contribution is -2.19. The van der Waals surface area contributed by atoms with Crippen LogP contribution in [-0.4, -0.2) is 46.0 Å².